The number of hydrogen-bond acceptors (Lipinski definition) is 8. The van der Waals surface area contributed by atoms with Crippen molar-refractivity contribution in [1.29, 1.82) is 0 Å². The van der Waals surface area contributed by atoms with Crippen molar-refractivity contribution < 1.29 is 38.0 Å². The third-order valence-corrected chi connectivity index (χ3v) is 4.37. The van der Waals surface area contributed by atoms with Crippen molar-refractivity contribution in [2.75, 3.05) is 34.7 Å². The molecular weight excluding hydrogens is 392 g/mol. The quantitative estimate of drug-likeness (QED) is 0.214. The summed E-state index contributed by atoms with van der Waals surface area (Å²) in [6.45, 7) is 1.87. The Morgan fingerprint density at radius 1 is 0.967 bits per heavy atom. The summed E-state index contributed by atoms with van der Waals surface area (Å²) in [5.74, 6) is 0.907. The maximum absolute atomic E-state index is 13.1. The standard InChI is InChI=1S/C22H22O8/c1-5-28-22(24)15(20(23)14-6-7-16-17(11-14)30-12-29-16)8-13-9-18(25-2)21(27-4)19(10-13)26-3/h6-11H,5,12H2,1-4H3/b15-8-. The molecule has 0 fully saturated rings. The number of carbonyl (C=O) groups is 2. The van der Waals surface area contributed by atoms with Crippen LogP contribution in [0.1, 0.15) is 22.8 Å². The van der Waals surface area contributed by atoms with Gasteiger partial charge in [0.2, 0.25) is 12.5 Å². The van der Waals surface area contributed by atoms with Crippen LogP contribution in [0.4, 0.5) is 0 Å². The summed E-state index contributed by atoms with van der Waals surface area (Å²) in [5, 5.41) is 0. The smallest absolute Gasteiger partial charge is 0.342 e. The molecule has 1 aliphatic heterocycles. The van der Waals surface area contributed by atoms with Gasteiger partial charge in [-0.1, -0.05) is 0 Å². The number of methoxy groups -OCH3 is 3. The van der Waals surface area contributed by atoms with E-state index in [0.29, 0.717) is 34.3 Å². The Morgan fingerprint density at radius 2 is 1.63 bits per heavy atom. The van der Waals surface area contributed by atoms with Gasteiger partial charge in [-0.2, -0.15) is 0 Å². The number of carbonyl (C=O) groups excluding carboxylic acids is 2. The van der Waals surface area contributed by atoms with E-state index in [1.165, 1.54) is 33.5 Å². The molecular formula is C22H22O8. The van der Waals surface area contributed by atoms with Crippen molar-refractivity contribution >= 4 is 17.8 Å². The Kier molecular flexibility index (Phi) is 6.46. The SMILES string of the molecule is CCOC(=O)/C(=C\c1cc(OC)c(OC)c(OC)c1)C(=O)c1ccc2c(c1)OCO2. The van der Waals surface area contributed by atoms with Gasteiger partial charge in [0.05, 0.1) is 27.9 Å². The number of benzene rings is 2. The first-order valence-corrected chi connectivity index (χ1v) is 9.15. The van der Waals surface area contributed by atoms with Crippen LogP contribution in [0.25, 0.3) is 6.08 Å². The lowest BCUT2D eigenvalue weighted by Gasteiger charge is -2.13. The predicted molar refractivity (Wildman–Crippen MR) is 108 cm³/mol. The van der Waals surface area contributed by atoms with Gasteiger partial charge in [-0.05, 0) is 48.9 Å². The van der Waals surface area contributed by atoms with Crippen LogP contribution in [-0.2, 0) is 9.53 Å². The number of ether oxygens (including phenoxy) is 6. The molecule has 8 heteroatoms. The number of fused-ring (bicyclic) bond motifs is 1. The van der Waals surface area contributed by atoms with E-state index in [1.54, 1.807) is 31.2 Å². The Hall–Kier alpha value is -3.68. The normalized spacial score (nSPS) is 12.3. The molecule has 30 heavy (non-hydrogen) atoms. The molecule has 0 spiro atoms. The molecule has 0 bridgehead atoms. The van der Waals surface area contributed by atoms with Crippen LogP contribution in [0.2, 0.25) is 0 Å². The first-order valence-electron chi connectivity index (χ1n) is 9.15. The zero-order valence-electron chi connectivity index (χ0n) is 17.1. The Bertz CT molecular complexity index is 968. The first kappa shape index (κ1) is 21.0. The summed E-state index contributed by atoms with van der Waals surface area (Å²) in [7, 11) is 4.45. The highest BCUT2D eigenvalue weighted by Crippen LogP contribution is 2.39. The topological polar surface area (TPSA) is 89.5 Å². The number of esters is 1. The summed E-state index contributed by atoms with van der Waals surface area (Å²) in [6, 6.07) is 7.99. The summed E-state index contributed by atoms with van der Waals surface area (Å²) in [5.41, 5.74) is 0.623. The first-order chi connectivity index (χ1) is 14.5. The van der Waals surface area contributed by atoms with E-state index in [2.05, 4.69) is 0 Å². The molecule has 2 aromatic carbocycles. The Morgan fingerprint density at radius 3 is 2.23 bits per heavy atom. The fraction of sp³-hybridized carbons (Fsp3) is 0.273. The van der Waals surface area contributed by atoms with Gasteiger partial charge in [-0.3, -0.25) is 4.79 Å². The molecule has 8 nitrogen and oxygen atoms in total. The molecule has 0 radical (unpaired) electrons. The second-order valence-corrected chi connectivity index (χ2v) is 6.13. The van der Waals surface area contributed by atoms with Crippen LogP contribution >= 0.6 is 0 Å². The van der Waals surface area contributed by atoms with Gasteiger partial charge in [-0.15, -0.1) is 0 Å². The highest BCUT2D eigenvalue weighted by Gasteiger charge is 2.24. The highest BCUT2D eigenvalue weighted by atomic mass is 16.7. The molecule has 0 saturated carbocycles. The number of Topliss-reactive ketones (excluding diaryl/α,β-unsaturated/α-hetero) is 1. The van der Waals surface area contributed by atoms with E-state index in [-0.39, 0.29) is 24.5 Å². The van der Waals surface area contributed by atoms with Crippen LogP contribution in [0.3, 0.4) is 0 Å². The summed E-state index contributed by atoms with van der Waals surface area (Å²) >= 11 is 0. The number of hydrogen-bond donors (Lipinski definition) is 0. The summed E-state index contributed by atoms with van der Waals surface area (Å²) in [6.07, 6.45) is 1.43. The molecule has 1 heterocycles. The number of ketones is 1. The van der Waals surface area contributed by atoms with E-state index in [9.17, 15) is 9.59 Å². The lowest BCUT2D eigenvalue weighted by atomic mass is 10.00. The lowest BCUT2D eigenvalue weighted by molar-refractivity contribution is -0.137. The van der Waals surface area contributed by atoms with E-state index >= 15 is 0 Å². The molecule has 0 saturated heterocycles. The minimum Gasteiger partial charge on any atom is -0.493 e. The zero-order valence-corrected chi connectivity index (χ0v) is 17.1. The third-order valence-electron chi connectivity index (χ3n) is 4.37. The monoisotopic (exact) mass is 414 g/mol. The molecule has 0 N–H and O–H groups in total. The fourth-order valence-corrected chi connectivity index (χ4v) is 2.97. The van der Waals surface area contributed by atoms with Crippen LogP contribution in [0.15, 0.2) is 35.9 Å². The van der Waals surface area contributed by atoms with E-state index in [0.717, 1.165) is 0 Å². The summed E-state index contributed by atoms with van der Waals surface area (Å²) in [4.78, 5) is 25.7. The van der Waals surface area contributed by atoms with Gasteiger partial charge in [0.15, 0.2) is 28.8 Å². The van der Waals surface area contributed by atoms with Gasteiger partial charge >= 0.3 is 5.97 Å². The molecule has 1 aliphatic rings. The van der Waals surface area contributed by atoms with Gasteiger partial charge in [0, 0.05) is 5.56 Å². The van der Waals surface area contributed by atoms with Gasteiger partial charge < -0.3 is 28.4 Å². The Balaban J connectivity index is 2.07. The molecule has 0 amide bonds. The number of rotatable bonds is 8. The van der Waals surface area contributed by atoms with Crippen molar-refractivity contribution in [3.63, 3.8) is 0 Å². The van der Waals surface area contributed by atoms with E-state index < -0.39 is 11.8 Å². The Labute approximate surface area is 173 Å². The molecule has 2 aromatic rings. The van der Waals surface area contributed by atoms with Crippen molar-refractivity contribution in [3.8, 4) is 28.7 Å². The zero-order chi connectivity index (χ0) is 21.7. The third kappa shape index (κ3) is 4.17. The second kappa shape index (κ2) is 9.21. The summed E-state index contributed by atoms with van der Waals surface area (Å²) < 4.78 is 31.7. The van der Waals surface area contributed by atoms with E-state index in [4.69, 9.17) is 28.4 Å². The van der Waals surface area contributed by atoms with Crippen LogP contribution in [-0.4, -0.2) is 46.5 Å². The molecule has 0 unspecified atom stereocenters. The lowest BCUT2D eigenvalue weighted by Crippen LogP contribution is -2.16. The average Bonchev–Trinajstić information content (AvgIpc) is 3.24. The van der Waals surface area contributed by atoms with Crippen LogP contribution in [0, 0.1) is 0 Å². The largest absolute Gasteiger partial charge is 0.493 e. The van der Waals surface area contributed by atoms with Crippen molar-refractivity contribution in [2.24, 2.45) is 0 Å². The van der Waals surface area contributed by atoms with Gasteiger partial charge in [-0.25, -0.2) is 4.79 Å². The molecule has 0 aliphatic carbocycles. The van der Waals surface area contributed by atoms with Gasteiger partial charge in [0.1, 0.15) is 5.57 Å². The van der Waals surface area contributed by atoms with Gasteiger partial charge in [0.25, 0.3) is 0 Å². The highest BCUT2D eigenvalue weighted by molar-refractivity contribution is 6.27. The van der Waals surface area contributed by atoms with Crippen molar-refractivity contribution in [1.82, 2.24) is 0 Å². The maximum Gasteiger partial charge on any atom is 0.342 e. The fourth-order valence-electron chi connectivity index (χ4n) is 2.97. The maximum atomic E-state index is 13.1. The molecule has 0 aromatic heterocycles. The van der Waals surface area contributed by atoms with E-state index in [1.807, 2.05) is 0 Å². The minimum absolute atomic E-state index is 0.0823. The molecule has 3 rings (SSSR count). The average molecular weight is 414 g/mol. The second-order valence-electron chi connectivity index (χ2n) is 6.13. The van der Waals surface area contributed by atoms with Crippen LogP contribution < -0.4 is 23.7 Å². The van der Waals surface area contributed by atoms with Crippen molar-refractivity contribution in [3.05, 3.63) is 47.0 Å². The molecule has 158 valence electrons. The van der Waals surface area contributed by atoms with Crippen molar-refractivity contribution in [2.45, 2.75) is 6.92 Å². The minimum atomic E-state index is -0.742. The molecule has 0 atom stereocenters. The van der Waals surface area contributed by atoms with Crippen LogP contribution in [0.5, 0.6) is 28.7 Å². The predicted octanol–water partition coefficient (Wildman–Crippen LogP) is 3.27.